The van der Waals surface area contributed by atoms with Crippen LogP contribution >= 0.6 is 0 Å². The van der Waals surface area contributed by atoms with Crippen LogP contribution in [0.4, 0.5) is 23.7 Å². The molecule has 2 aromatic rings. The zero-order chi connectivity index (χ0) is 28.2. The van der Waals surface area contributed by atoms with Gasteiger partial charge >= 0.3 is 12.3 Å². The first kappa shape index (κ1) is 28.2. The molecule has 4 rings (SSSR count). The van der Waals surface area contributed by atoms with Crippen molar-refractivity contribution in [1.82, 2.24) is 19.7 Å². The molecule has 0 unspecified atom stereocenters. The predicted molar refractivity (Wildman–Crippen MR) is 137 cm³/mol. The minimum absolute atomic E-state index is 0.0825. The topological polar surface area (TPSA) is 106 Å². The highest BCUT2D eigenvalue weighted by atomic mass is 19.4. The van der Waals surface area contributed by atoms with E-state index in [0.29, 0.717) is 19.5 Å². The van der Waals surface area contributed by atoms with Gasteiger partial charge in [0, 0.05) is 51.0 Å². The van der Waals surface area contributed by atoms with Gasteiger partial charge in [-0.2, -0.15) is 13.2 Å². The fraction of sp³-hybridized carbons (Fsp3) is 0.481. The molecule has 210 valence electrons. The number of carbonyl (C=O) groups excluding carboxylic acids is 2. The van der Waals surface area contributed by atoms with Crippen molar-refractivity contribution in [3.05, 3.63) is 58.9 Å². The molecule has 1 aromatic carbocycles. The van der Waals surface area contributed by atoms with E-state index in [0.717, 1.165) is 47.0 Å². The van der Waals surface area contributed by atoms with Crippen molar-refractivity contribution in [2.45, 2.75) is 44.9 Å². The highest BCUT2D eigenvalue weighted by Crippen LogP contribution is 2.33. The molecule has 1 aliphatic carbocycles. The van der Waals surface area contributed by atoms with Gasteiger partial charge in [-0.05, 0) is 48.6 Å². The molecule has 2 heterocycles. The van der Waals surface area contributed by atoms with E-state index in [1.807, 2.05) is 23.1 Å². The van der Waals surface area contributed by atoms with E-state index in [-0.39, 0.29) is 37.2 Å². The average Bonchev–Trinajstić information content (AvgIpc) is 2.87. The van der Waals surface area contributed by atoms with E-state index in [2.05, 4.69) is 10.3 Å². The maximum atomic E-state index is 13.5. The number of hydrogen-bond donors (Lipinski definition) is 2. The smallest absolute Gasteiger partial charge is 0.418 e. The molecule has 1 saturated carbocycles. The number of nitrogens with zero attached hydrogens (tertiary/aromatic N) is 4. The minimum atomic E-state index is -4.65. The van der Waals surface area contributed by atoms with Crippen LogP contribution in [0.5, 0.6) is 0 Å². The van der Waals surface area contributed by atoms with Gasteiger partial charge in [-0.1, -0.05) is 18.6 Å². The summed E-state index contributed by atoms with van der Waals surface area (Å²) in [6.45, 7) is 0.272. The van der Waals surface area contributed by atoms with Crippen LogP contribution in [0.1, 0.15) is 41.6 Å². The van der Waals surface area contributed by atoms with Gasteiger partial charge < -0.3 is 25.1 Å². The first-order chi connectivity index (χ1) is 18.5. The summed E-state index contributed by atoms with van der Waals surface area (Å²) >= 11 is 0. The van der Waals surface area contributed by atoms with E-state index >= 15 is 0 Å². The van der Waals surface area contributed by atoms with E-state index in [9.17, 15) is 27.6 Å². The second-order valence-corrected chi connectivity index (χ2v) is 9.95. The van der Waals surface area contributed by atoms with E-state index in [4.69, 9.17) is 5.11 Å². The van der Waals surface area contributed by atoms with E-state index < -0.39 is 30.3 Å². The number of carbonyl (C=O) groups is 3. The van der Waals surface area contributed by atoms with Gasteiger partial charge in [-0.15, -0.1) is 0 Å². The lowest BCUT2D eigenvalue weighted by atomic mass is 9.83. The van der Waals surface area contributed by atoms with Gasteiger partial charge in [0.2, 0.25) is 11.8 Å². The number of benzene rings is 1. The summed E-state index contributed by atoms with van der Waals surface area (Å²) in [5.74, 6) is -0.188. The van der Waals surface area contributed by atoms with Gasteiger partial charge in [-0.25, -0.2) is 4.79 Å². The Morgan fingerprint density at radius 3 is 2.59 bits per heavy atom. The molecule has 0 radical (unpaired) electrons. The van der Waals surface area contributed by atoms with Crippen molar-refractivity contribution in [3.63, 3.8) is 0 Å². The van der Waals surface area contributed by atoms with E-state index in [1.54, 1.807) is 0 Å². The fourth-order valence-corrected chi connectivity index (χ4v) is 4.82. The number of rotatable bonds is 9. The van der Waals surface area contributed by atoms with Crippen LogP contribution in [0.2, 0.25) is 0 Å². The number of fused-ring (bicyclic) bond motifs is 1. The molecule has 0 atom stereocenters. The third-order valence-electron chi connectivity index (χ3n) is 7.38. The Hall–Kier alpha value is -3.83. The summed E-state index contributed by atoms with van der Waals surface area (Å²) < 4.78 is 40.6. The zero-order valence-corrected chi connectivity index (χ0v) is 21.7. The number of hydrogen-bond acceptors (Lipinski definition) is 5. The molecule has 12 heteroatoms. The number of likely N-dealkylation sites (N-methyl/N-ethyl adjacent to an activating group) is 1. The number of pyridine rings is 1. The largest absolute Gasteiger partial charge is 0.465 e. The Kier molecular flexibility index (Phi) is 8.61. The Balaban J connectivity index is 1.46. The monoisotopic (exact) mass is 547 g/mol. The number of nitrogens with one attached hydrogen (secondary N) is 1. The van der Waals surface area contributed by atoms with Gasteiger partial charge in [0.05, 0.1) is 24.3 Å². The Labute approximate surface area is 224 Å². The SMILES string of the molecule is CN(CCN(Cc1ncccc1C(F)(F)F)C(=O)CNc1cccc2c1CCN(C(=O)C1CCC1)C2)C(=O)O. The Morgan fingerprint density at radius 2 is 1.92 bits per heavy atom. The van der Waals surface area contributed by atoms with Crippen molar-refractivity contribution < 1.29 is 32.7 Å². The third kappa shape index (κ3) is 6.79. The standard InChI is InChI=1S/C27H32F3N5O4/c1-33(26(38)39)13-14-34(17-23-21(27(28,29)30)8-4-11-31-23)24(36)15-32-22-9-3-7-19-16-35(12-10-20(19)22)25(37)18-5-2-6-18/h3-4,7-9,11,18,32H,2,5-6,10,12-17H2,1H3,(H,38,39). The molecule has 0 bridgehead atoms. The lowest BCUT2D eigenvalue weighted by Gasteiger charge is -2.35. The summed E-state index contributed by atoms with van der Waals surface area (Å²) in [7, 11) is 1.32. The average molecular weight is 548 g/mol. The van der Waals surface area contributed by atoms with Crippen LogP contribution in [0, 0.1) is 5.92 Å². The molecule has 2 aliphatic rings. The molecule has 0 saturated heterocycles. The maximum absolute atomic E-state index is 13.5. The van der Waals surface area contributed by atoms with Crippen molar-refractivity contribution in [3.8, 4) is 0 Å². The first-order valence-corrected chi connectivity index (χ1v) is 12.9. The normalized spacial score (nSPS) is 15.2. The quantitative estimate of drug-likeness (QED) is 0.494. The number of carboxylic acid groups (broad SMARTS) is 1. The minimum Gasteiger partial charge on any atom is -0.465 e. The number of alkyl halides is 3. The second-order valence-electron chi connectivity index (χ2n) is 9.95. The van der Waals surface area contributed by atoms with Crippen LogP contribution in [-0.2, 0) is 35.3 Å². The van der Waals surface area contributed by atoms with Gasteiger partial charge in [0.1, 0.15) is 0 Å². The van der Waals surface area contributed by atoms with Gasteiger partial charge in [0.15, 0.2) is 0 Å². The Bertz CT molecular complexity index is 1220. The van der Waals surface area contributed by atoms with Gasteiger partial charge in [-0.3, -0.25) is 14.6 Å². The maximum Gasteiger partial charge on any atom is 0.418 e. The third-order valence-corrected chi connectivity index (χ3v) is 7.38. The Morgan fingerprint density at radius 1 is 1.15 bits per heavy atom. The second kappa shape index (κ2) is 11.9. The highest BCUT2D eigenvalue weighted by Gasteiger charge is 2.35. The summed E-state index contributed by atoms with van der Waals surface area (Å²) in [6.07, 6.45) is -1.04. The molecular formula is C27H32F3N5O4. The number of amides is 3. The summed E-state index contributed by atoms with van der Waals surface area (Å²) in [4.78, 5) is 45.0. The molecule has 1 aromatic heterocycles. The highest BCUT2D eigenvalue weighted by molar-refractivity contribution is 5.82. The van der Waals surface area contributed by atoms with Crippen LogP contribution in [0.3, 0.4) is 0 Å². The molecule has 9 nitrogen and oxygen atoms in total. The number of halogens is 3. The molecule has 2 N–H and O–H groups in total. The van der Waals surface area contributed by atoms with Crippen molar-refractivity contribution in [2.24, 2.45) is 5.92 Å². The van der Waals surface area contributed by atoms with Crippen LogP contribution in [-0.4, -0.2) is 75.9 Å². The summed E-state index contributed by atoms with van der Waals surface area (Å²) in [5, 5.41) is 12.3. The lowest BCUT2D eigenvalue weighted by molar-refractivity contribution is -0.140. The molecule has 1 aliphatic heterocycles. The van der Waals surface area contributed by atoms with Gasteiger partial charge in [0.25, 0.3) is 0 Å². The molecule has 1 fully saturated rings. The molecule has 3 amide bonds. The molecular weight excluding hydrogens is 515 g/mol. The zero-order valence-electron chi connectivity index (χ0n) is 21.7. The predicted octanol–water partition coefficient (Wildman–Crippen LogP) is 3.84. The first-order valence-electron chi connectivity index (χ1n) is 12.9. The summed E-state index contributed by atoms with van der Waals surface area (Å²) in [6, 6.07) is 7.71. The van der Waals surface area contributed by atoms with Crippen LogP contribution in [0.25, 0.3) is 0 Å². The fourth-order valence-electron chi connectivity index (χ4n) is 4.82. The number of aromatic nitrogens is 1. The van der Waals surface area contributed by atoms with Crippen molar-refractivity contribution >= 4 is 23.6 Å². The van der Waals surface area contributed by atoms with Crippen LogP contribution < -0.4 is 5.32 Å². The van der Waals surface area contributed by atoms with Crippen molar-refractivity contribution in [1.29, 1.82) is 0 Å². The summed E-state index contributed by atoms with van der Waals surface area (Å²) in [5.41, 5.74) is 1.47. The van der Waals surface area contributed by atoms with E-state index in [1.165, 1.54) is 24.2 Å². The van der Waals surface area contributed by atoms with Crippen LogP contribution in [0.15, 0.2) is 36.5 Å². The lowest BCUT2D eigenvalue weighted by Crippen LogP contribution is -2.42. The van der Waals surface area contributed by atoms with Crippen molar-refractivity contribution in [2.75, 3.05) is 38.5 Å². The molecule has 0 spiro atoms. The molecule has 39 heavy (non-hydrogen) atoms. The number of anilines is 1.